The highest BCUT2D eigenvalue weighted by Crippen LogP contribution is 2.13. The lowest BCUT2D eigenvalue weighted by molar-refractivity contribution is 0.488. The Labute approximate surface area is 119 Å². The molecule has 19 heavy (non-hydrogen) atoms. The highest BCUT2D eigenvalue weighted by atomic mass is 32.1. The number of nitrogens with one attached hydrogen (secondary N) is 1. The third kappa shape index (κ3) is 4.18. The van der Waals surface area contributed by atoms with Crippen LogP contribution in [0, 0.1) is 0 Å². The first-order valence-electron chi connectivity index (χ1n) is 7.09. The van der Waals surface area contributed by atoms with Crippen LogP contribution in [0.3, 0.4) is 0 Å². The predicted octanol–water partition coefficient (Wildman–Crippen LogP) is 3.12. The summed E-state index contributed by atoms with van der Waals surface area (Å²) in [5.74, 6) is 1.19. The van der Waals surface area contributed by atoms with Gasteiger partial charge in [-0.2, -0.15) is 0 Å². The molecule has 0 aromatic carbocycles. The van der Waals surface area contributed by atoms with Gasteiger partial charge < -0.3 is 9.88 Å². The van der Waals surface area contributed by atoms with E-state index < -0.39 is 0 Å². The Morgan fingerprint density at radius 3 is 2.95 bits per heavy atom. The zero-order chi connectivity index (χ0) is 13.5. The largest absolute Gasteiger partial charge is 0.335 e. The summed E-state index contributed by atoms with van der Waals surface area (Å²) in [5.41, 5.74) is 0. The third-order valence-electron chi connectivity index (χ3n) is 3.28. The molecule has 1 unspecified atom stereocenters. The molecule has 2 rings (SSSR count). The molecule has 0 aliphatic carbocycles. The van der Waals surface area contributed by atoms with Crippen molar-refractivity contribution in [2.45, 2.75) is 45.7 Å². The number of imidazole rings is 1. The first-order valence-corrected chi connectivity index (χ1v) is 7.97. The maximum Gasteiger partial charge on any atom is 0.110 e. The number of thiophene rings is 1. The minimum Gasteiger partial charge on any atom is -0.335 e. The fourth-order valence-corrected chi connectivity index (χ4v) is 3.06. The molecule has 2 aromatic rings. The van der Waals surface area contributed by atoms with Gasteiger partial charge in [0, 0.05) is 36.3 Å². The standard InChI is InChI=1S/C15H23N3S/c1-3-7-16-13(11-14-6-5-10-19-14)12-15-17-8-9-18(15)4-2/h5-6,8-10,13,16H,3-4,7,11-12H2,1-2H3. The summed E-state index contributed by atoms with van der Waals surface area (Å²) >= 11 is 1.84. The van der Waals surface area contributed by atoms with Crippen molar-refractivity contribution in [2.24, 2.45) is 0 Å². The van der Waals surface area contributed by atoms with E-state index in [1.54, 1.807) is 0 Å². The SMILES string of the molecule is CCCNC(Cc1cccs1)Cc1nccn1CC. The van der Waals surface area contributed by atoms with Gasteiger partial charge in [0.15, 0.2) is 0 Å². The van der Waals surface area contributed by atoms with Crippen molar-refractivity contribution < 1.29 is 0 Å². The smallest absolute Gasteiger partial charge is 0.110 e. The van der Waals surface area contributed by atoms with Gasteiger partial charge in [-0.15, -0.1) is 11.3 Å². The van der Waals surface area contributed by atoms with Crippen molar-refractivity contribution in [3.05, 3.63) is 40.6 Å². The number of aryl methyl sites for hydroxylation is 1. The van der Waals surface area contributed by atoms with Gasteiger partial charge in [0.25, 0.3) is 0 Å². The number of rotatable bonds is 8. The highest BCUT2D eigenvalue weighted by Gasteiger charge is 2.13. The second kappa shape index (κ2) is 7.46. The quantitative estimate of drug-likeness (QED) is 0.803. The molecule has 1 N–H and O–H groups in total. The summed E-state index contributed by atoms with van der Waals surface area (Å²) < 4.78 is 2.23. The van der Waals surface area contributed by atoms with Gasteiger partial charge in [0.1, 0.15) is 5.82 Å². The second-order valence-electron chi connectivity index (χ2n) is 4.77. The van der Waals surface area contributed by atoms with E-state index in [9.17, 15) is 0 Å². The van der Waals surface area contributed by atoms with Crippen LogP contribution < -0.4 is 5.32 Å². The molecule has 0 fully saturated rings. The Kier molecular flexibility index (Phi) is 5.61. The lowest BCUT2D eigenvalue weighted by Gasteiger charge is -2.18. The lowest BCUT2D eigenvalue weighted by atomic mass is 10.1. The Morgan fingerprint density at radius 1 is 1.37 bits per heavy atom. The summed E-state index contributed by atoms with van der Waals surface area (Å²) in [4.78, 5) is 5.94. The Balaban J connectivity index is 2.00. The van der Waals surface area contributed by atoms with Gasteiger partial charge in [-0.25, -0.2) is 4.98 Å². The number of hydrogen-bond donors (Lipinski definition) is 1. The molecule has 3 nitrogen and oxygen atoms in total. The number of hydrogen-bond acceptors (Lipinski definition) is 3. The first kappa shape index (κ1) is 14.3. The molecular formula is C15H23N3S. The van der Waals surface area contributed by atoms with E-state index in [-0.39, 0.29) is 0 Å². The van der Waals surface area contributed by atoms with Crippen LogP contribution in [0.25, 0.3) is 0 Å². The Hall–Kier alpha value is -1.13. The van der Waals surface area contributed by atoms with Crippen LogP contribution in [0.1, 0.15) is 31.0 Å². The van der Waals surface area contributed by atoms with Gasteiger partial charge >= 0.3 is 0 Å². The van der Waals surface area contributed by atoms with E-state index in [4.69, 9.17) is 0 Å². The average molecular weight is 277 g/mol. The van der Waals surface area contributed by atoms with E-state index in [1.165, 1.54) is 17.1 Å². The van der Waals surface area contributed by atoms with Crippen molar-refractivity contribution in [3.63, 3.8) is 0 Å². The normalized spacial score (nSPS) is 12.7. The minimum atomic E-state index is 0.478. The van der Waals surface area contributed by atoms with Gasteiger partial charge in [0.2, 0.25) is 0 Å². The van der Waals surface area contributed by atoms with Crippen LogP contribution in [0.4, 0.5) is 0 Å². The van der Waals surface area contributed by atoms with Crippen molar-refractivity contribution in [3.8, 4) is 0 Å². The fourth-order valence-electron chi connectivity index (χ4n) is 2.27. The van der Waals surface area contributed by atoms with E-state index in [1.807, 2.05) is 17.5 Å². The van der Waals surface area contributed by atoms with Crippen LogP contribution in [-0.4, -0.2) is 22.1 Å². The number of aromatic nitrogens is 2. The lowest BCUT2D eigenvalue weighted by Crippen LogP contribution is -2.34. The molecule has 1 atom stereocenters. The van der Waals surface area contributed by atoms with E-state index >= 15 is 0 Å². The molecule has 0 aliphatic rings. The molecule has 2 aromatic heterocycles. The fraction of sp³-hybridized carbons (Fsp3) is 0.533. The monoisotopic (exact) mass is 277 g/mol. The van der Waals surface area contributed by atoms with E-state index in [0.717, 1.165) is 25.9 Å². The molecule has 0 aliphatic heterocycles. The maximum absolute atomic E-state index is 4.49. The molecule has 2 heterocycles. The van der Waals surface area contributed by atoms with Crippen molar-refractivity contribution in [1.29, 1.82) is 0 Å². The van der Waals surface area contributed by atoms with Gasteiger partial charge in [0.05, 0.1) is 0 Å². The molecule has 0 saturated carbocycles. The predicted molar refractivity (Wildman–Crippen MR) is 81.7 cm³/mol. The van der Waals surface area contributed by atoms with Crippen LogP contribution in [0.5, 0.6) is 0 Å². The first-order chi connectivity index (χ1) is 9.33. The van der Waals surface area contributed by atoms with Crippen molar-refractivity contribution in [2.75, 3.05) is 6.54 Å². The van der Waals surface area contributed by atoms with Crippen LogP contribution in [0.2, 0.25) is 0 Å². The number of nitrogens with zero attached hydrogens (tertiary/aromatic N) is 2. The van der Waals surface area contributed by atoms with Crippen molar-refractivity contribution in [1.82, 2.24) is 14.9 Å². The van der Waals surface area contributed by atoms with E-state index in [0.29, 0.717) is 6.04 Å². The molecule has 0 saturated heterocycles. The molecule has 104 valence electrons. The molecule has 4 heteroatoms. The van der Waals surface area contributed by atoms with Gasteiger partial charge in [-0.05, 0) is 37.8 Å². The van der Waals surface area contributed by atoms with Gasteiger partial charge in [-0.1, -0.05) is 13.0 Å². The Morgan fingerprint density at radius 2 is 2.26 bits per heavy atom. The topological polar surface area (TPSA) is 29.9 Å². The van der Waals surface area contributed by atoms with Crippen LogP contribution in [0.15, 0.2) is 29.9 Å². The summed E-state index contributed by atoms with van der Waals surface area (Å²) in [5, 5.41) is 5.80. The molecule has 0 amide bonds. The summed E-state index contributed by atoms with van der Waals surface area (Å²) in [7, 11) is 0. The molecule has 0 spiro atoms. The van der Waals surface area contributed by atoms with Crippen LogP contribution in [-0.2, 0) is 19.4 Å². The zero-order valence-electron chi connectivity index (χ0n) is 11.8. The molecule has 0 bridgehead atoms. The second-order valence-corrected chi connectivity index (χ2v) is 5.80. The third-order valence-corrected chi connectivity index (χ3v) is 4.18. The minimum absolute atomic E-state index is 0.478. The zero-order valence-corrected chi connectivity index (χ0v) is 12.6. The molecular weight excluding hydrogens is 254 g/mol. The highest BCUT2D eigenvalue weighted by molar-refractivity contribution is 7.09. The summed E-state index contributed by atoms with van der Waals surface area (Å²) in [6.45, 7) is 6.44. The molecule has 0 radical (unpaired) electrons. The Bertz CT molecular complexity index is 461. The van der Waals surface area contributed by atoms with Crippen molar-refractivity contribution >= 4 is 11.3 Å². The van der Waals surface area contributed by atoms with Gasteiger partial charge in [-0.3, -0.25) is 0 Å². The summed E-state index contributed by atoms with van der Waals surface area (Å²) in [6.07, 6.45) is 7.23. The maximum atomic E-state index is 4.49. The van der Waals surface area contributed by atoms with E-state index in [2.05, 4.69) is 52.4 Å². The average Bonchev–Trinajstić information content (AvgIpc) is 3.07. The summed E-state index contributed by atoms with van der Waals surface area (Å²) in [6, 6.07) is 4.83. The van der Waals surface area contributed by atoms with Crippen LogP contribution >= 0.6 is 11.3 Å².